The number of rotatable bonds is 5. The number of benzene rings is 3. The van der Waals surface area contributed by atoms with Crippen molar-refractivity contribution in [1.29, 1.82) is 0 Å². The Balaban J connectivity index is 1.59. The van der Waals surface area contributed by atoms with Gasteiger partial charge in [0.05, 0.1) is 24.6 Å². The standard InChI is InChI=1S/C22H18N4O3/c1-29-20-10-9-15-6-2-3-8-17(15)21(20)18-12-19(25-24-18)22(28)26-23-13-14-5-4-7-16(27)11-14/h2-13,27H,1H3,(H,24,25)(H,26,28)/b23-13-. The average molecular weight is 386 g/mol. The van der Waals surface area contributed by atoms with Crippen LogP contribution >= 0.6 is 0 Å². The number of H-pyrrole nitrogens is 1. The number of aromatic hydroxyl groups is 1. The van der Waals surface area contributed by atoms with Gasteiger partial charge in [-0.05, 0) is 40.6 Å². The largest absolute Gasteiger partial charge is 0.508 e. The van der Waals surface area contributed by atoms with Crippen LogP contribution in [0.4, 0.5) is 0 Å². The summed E-state index contributed by atoms with van der Waals surface area (Å²) in [7, 11) is 1.60. The van der Waals surface area contributed by atoms with E-state index >= 15 is 0 Å². The van der Waals surface area contributed by atoms with E-state index < -0.39 is 5.91 Å². The van der Waals surface area contributed by atoms with Crippen molar-refractivity contribution in [3.05, 3.63) is 78.0 Å². The minimum absolute atomic E-state index is 0.127. The molecule has 4 rings (SSSR count). The molecule has 7 nitrogen and oxygen atoms in total. The van der Waals surface area contributed by atoms with Gasteiger partial charge in [-0.25, -0.2) is 5.43 Å². The predicted molar refractivity (Wildman–Crippen MR) is 111 cm³/mol. The first-order valence-electron chi connectivity index (χ1n) is 8.89. The Labute approximate surface area is 166 Å². The summed E-state index contributed by atoms with van der Waals surface area (Å²) in [5.41, 5.74) is 4.78. The number of amides is 1. The zero-order valence-corrected chi connectivity index (χ0v) is 15.6. The van der Waals surface area contributed by atoms with Gasteiger partial charge in [0.1, 0.15) is 17.2 Å². The monoisotopic (exact) mass is 386 g/mol. The topological polar surface area (TPSA) is 99.6 Å². The Morgan fingerprint density at radius 3 is 2.83 bits per heavy atom. The smallest absolute Gasteiger partial charge is 0.289 e. The summed E-state index contributed by atoms with van der Waals surface area (Å²) in [4.78, 5) is 12.4. The lowest BCUT2D eigenvalue weighted by molar-refractivity contribution is 0.0950. The molecule has 0 aliphatic rings. The van der Waals surface area contributed by atoms with Gasteiger partial charge in [-0.1, -0.05) is 42.5 Å². The molecular weight excluding hydrogens is 368 g/mol. The number of phenolic OH excluding ortho intramolecular Hbond substituents is 1. The number of carbonyl (C=O) groups excluding carboxylic acids is 1. The van der Waals surface area contributed by atoms with Crippen LogP contribution in [-0.2, 0) is 0 Å². The second-order valence-corrected chi connectivity index (χ2v) is 6.32. The molecule has 0 unspecified atom stereocenters. The second-order valence-electron chi connectivity index (χ2n) is 6.32. The molecule has 0 aliphatic heterocycles. The second kappa shape index (κ2) is 7.85. The average Bonchev–Trinajstić information content (AvgIpc) is 3.23. The van der Waals surface area contributed by atoms with Crippen molar-refractivity contribution in [3.8, 4) is 22.8 Å². The van der Waals surface area contributed by atoms with Crippen LogP contribution in [0.15, 0.2) is 71.8 Å². The number of hydrogen-bond acceptors (Lipinski definition) is 5. The minimum Gasteiger partial charge on any atom is -0.508 e. The van der Waals surface area contributed by atoms with Gasteiger partial charge in [-0.3, -0.25) is 9.89 Å². The van der Waals surface area contributed by atoms with Crippen LogP contribution in [0.25, 0.3) is 22.0 Å². The van der Waals surface area contributed by atoms with Crippen LogP contribution in [-0.4, -0.2) is 34.5 Å². The van der Waals surface area contributed by atoms with Crippen molar-refractivity contribution < 1.29 is 14.6 Å². The van der Waals surface area contributed by atoms with E-state index in [-0.39, 0.29) is 11.4 Å². The van der Waals surface area contributed by atoms with Crippen LogP contribution in [0.2, 0.25) is 0 Å². The van der Waals surface area contributed by atoms with Crippen molar-refractivity contribution in [2.45, 2.75) is 0 Å². The summed E-state index contributed by atoms with van der Waals surface area (Å²) in [5.74, 6) is 0.367. The quantitative estimate of drug-likeness (QED) is 0.360. The molecule has 0 bridgehead atoms. The number of fused-ring (bicyclic) bond motifs is 1. The SMILES string of the molecule is COc1ccc2ccccc2c1-c1cc(C(=O)N/N=C\c2cccc(O)c2)[nH]n1. The number of aromatic nitrogens is 2. The Morgan fingerprint density at radius 2 is 2.00 bits per heavy atom. The highest BCUT2D eigenvalue weighted by Crippen LogP contribution is 2.36. The van der Waals surface area contributed by atoms with E-state index in [1.807, 2.05) is 36.4 Å². The molecule has 0 radical (unpaired) electrons. The Morgan fingerprint density at radius 1 is 1.14 bits per heavy atom. The molecule has 0 saturated heterocycles. The van der Waals surface area contributed by atoms with Gasteiger partial charge < -0.3 is 9.84 Å². The van der Waals surface area contributed by atoms with Crippen LogP contribution in [0.3, 0.4) is 0 Å². The van der Waals surface area contributed by atoms with Gasteiger partial charge >= 0.3 is 0 Å². The molecule has 0 saturated carbocycles. The zero-order valence-electron chi connectivity index (χ0n) is 15.6. The normalized spacial score (nSPS) is 11.1. The molecule has 3 aromatic carbocycles. The van der Waals surface area contributed by atoms with Crippen molar-refractivity contribution in [1.82, 2.24) is 15.6 Å². The highest BCUT2D eigenvalue weighted by molar-refractivity contribution is 6.00. The van der Waals surface area contributed by atoms with Gasteiger partial charge in [0, 0.05) is 0 Å². The highest BCUT2D eigenvalue weighted by Gasteiger charge is 2.16. The molecule has 1 heterocycles. The van der Waals surface area contributed by atoms with E-state index in [9.17, 15) is 9.90 Å². The van der Waals surface area contributed by atoms with E-state index in [4.69, 9.17) is 4.74 Å². The maximum atomic E-state index is 12.4. The molecule has 4 aromatic rings. The van der Waals surface area contributed by atoms with E-state index in [1.54, 1.807) is 31.4 Å². The van der Waals surface area contributed by atoms with Gasteiger partial charge in [-0.2, -0.15) is 10.2 Å². The van der Waals surface area contributed by atoms with Crippen molar-refractivity contribution in [2.24, 2.45) is 5.10 Å². The Kier molecular flexibility index (Phi) is 4.94. The summed E-state index contributed by atoms with van der Waals surface area (Å²) >= 11 is 0. The molecule has 1 aromatic heterocycles. The maximum Gasteiger partial charge on any atom is 0.289 e. The molecule has 0 aliphatic carbocycles. The predicted octanol–water partition coefficient (Wildman–Crippen LogP) is 3.71. The molecule has 3 N–H and O–H groups in total. The Bertz CT molecular complexity index is 1210. The third-order valence-corrected chi connectivity index (χ3v) is 4.44. The van der Waals surface area contributed by atoms with Crippen LogP contribution in [0, 0.1) is 0 Å². The van der Waals surface area contributed by atoms with Gasteiger partial charge in [0.15, 0.2) is 0 Å². The van der Waals surface area contributed by atoms with E-state index in [2.05, 4.69) is 20.7 Å². The first kappa shape index (κ1) is 18.2. The maximum absolute atomic E-state index is 12.4. The van der Waals surface area contributed by atoms with Crippen molar-refractivity contribution in [2.75, 3.05) is 7.11 Å². The van der Waals surface area contributed by atoms with E-state index in [0.29, 0.717) is 17.0 Å². The number of carbonyl (C=O) groups is 1. The molecule has 144 valence electrons. The lowest BCUT2D eigenvalue weighted by Crippen LogP contribution is -2.17. The van der Waals surface area contributed by atoms with E-state index in [0.717, 1.165) is 16.3 Å². The fourth-order valence-electron chi connectivity index (χ4n) is 3.08. The van der Waals surface area contributed by atoms with Crippen LogP contribution in [0.1, 0.15) is 16.1 Å². The lowest BCUT2D eigenvalue weighted by Gasteiger charge is -2.09. The Hall–Kier alpha value is -4.13. The molecule has 1 amide bonds. The van der Waals surface area contributed by atoms with Crippen molar-refractivity contribution in [3.63, 3.8) is 0 Å². The first-order valence-corrected chi connectivity index (χ1v) is 8.89. The molecule has 7 heteroatoms. The van der Waals surface area contributed by atoms with Gasteiger partial charge in [0.25, 0.3) is 5.91 Å². The number of phenols is 1. The highest BCUT2D eigenvalue weighted by atomic mass is 16.5. The van der Waals surface area contributed by atoms with E-state index in [1.165, 1.54) is 12.3 Å². The van der Waals surface area contributed by atoms with Crippen LogP contribution in [0.5, 0.6) is 11.5 Å². The van der Waals surface area contributed by atoms with Crippen molar-refractivity contribution >= 4 is 22.9 Å². The number of aromatic amines is 1. The number of nitrogens with zero attached hydrogens (tertiary/aromatic N) is 2. The minimum atomic E-state index is -0.431. The number of nitrogens with one attached hydrogen (secondary N) is 2. The summed E-state index contributed by atoms with van der Waals surface area (Å²) < 4.78 is 5.50. The molecular formula is C22H18N4O3. The summed E-state index contributed by atoms with van der Waals surface area (Å²) in [5, 5.41) is 22.4. The number of methoxy groups -OCH3 is 1. The third kappa shape index (κ3) is 3.79. The van der Waals surface area contributed by atoms with Crippen LogP contribution < -0.4 is 10.2 Å². The molecule has 0 fully saturated rings. The number of hydrazone groups is 1. The molecule has 29 heavy (non-hydrogen) atoms. The van der Waals surface area contributed by atoms with Gasteiger partial charge in [-0.15, -0.1) is 0 Å². The molecule has 0 spiro atoms. The van der Waals surface area contributed by atoms with Gasteiger partial charge in [0.2, 0.25) is 0 Å². The fourth-order valence-corrected chi connectivity index (χ4v) is 3.08. The summed E-state index contributed by atoms with van der Waals surface area (Å²) in [6.07, 6.45) is 1.45. The third-order valence-electron chi connectivity index (χ3n) is 4.44. The lowest BCUT2D eigenvalue weighted by atomic mass is 10.0. The first-order chi connectivity index (χ1) is 14.2. The molecule has 0 atom stereocenters. The summed E-state index contributed by atoms with van der Waals surface area (Å²) in [6.45, 7) is 0. The summed E-state index contributed by atoms with van der Waals surface area (Å²) in [6, 6.07) is 20.0. The fraction of sp³-hybridized carbons (Fsp3) is 0.0455. The zero-order chi connectivity index (χ0) is 20.2. The number of ether oxygens (including phenoxy) is 1. The number of hydrogen-bond donors (Lipinski definition) is 3.